The van der Waals surface area contributed by atoms with Gasteiger partial charge < -0.3 is 15.3 Å². The molecular formula is C17H21N5O3. The minimum absolute atomic E-state index is 0.0819. The number of benzene rings is 1. The molecule has 0 radical (unpaired) electrons. The fraction of sp³-hybridized carbons (Fsp3) is 0.412. The maximum Gasteiger partial charge on any atom is 0.335 e. The van der Waals surface area contributed by atoms with Crippen molar-refractivity contribution in [3.63, 3.8) is 0 Å². The zero-order valence-corrected chi connectivity index (χ0v) is 13.8. The van der Waals surface area contributed by atoms with Crippen LogP contribution in [0.5, 0.6) is 0 Å². The van der Waals surface area contributed by atoms with Crippen LogP contribution in [0.25, 0.3) is 0 Å². The topological polar surface area (TPSA) is 100 Å². The molecule has 3 rings (SSSR count). The molecule has 1 saturated heterocycles. The number of amides is 2. The van der Waals surface area contributed by atoms with Crippen molar-refractivity contribution in [1.82, 2.24) is 25.0 Å². The number of carboxylic acids is 1. The maximum atomic E-state index is 12.3. The lowest BCUT2D eigenvalue weighted by Gasteiger charge is -2.31. The third-order valence-corrected chi connectivity index (χ3v) is 4.46. The van der Waals surface area contributed by atoms with E-state index in [0.717, 1.165) is 38.0 Å². The van der Waals surface area contributed by atoms with Gasteiger partial charge in [0.15, 0.2) is 0 Å². The van der Waals surface area contributed by atoms with Crippen molar-refractivity contribution in [2.24, 2.45) is 5.92 Å². The van der Waals surface area contributed by atoms with Gasteiger partial charge in [0, 0.05) is 26.2 Å². The Balaban J connectivity index is 1.42. The minimum atomic E-state index is -0.954. The van der Waals surface area contributed by atoms with E-state index in [1.54, 1.807) is 30.6 Å². The summed E-state index contributed by atoms with van der Waals surface area (Å²) in [7, 11) is 0. The third kappa shape index (κ3) is 4.56. The summed E-state index contributed by atoms with van der Waals surface area (Å²) >= 11 is 0. The van der Waals surface area contributed by atoms with Gasteiger partial charge in [0.25, 0.3) is 0 Å². The highest BCUT2D eigenvalue weighted by Crippen LogP contribution is 2.18. The number of rotatable bonds is 5. The van der Waals surface area contributed by atoms with Gasteiger partial charge in [-0.25, -0.2) is 14.6 Å². The SMILES string of the molecule is O=C(O)c1ccc(CNC(=O)N2CCC(Cn3cncn3)CC2)cc1. The number of nitrogens with one attached hydrogen (secondary N) is 1. The van der Waals surface area contributed by atoms with E-state index in [-0.39, 0.29) is 11.6 Å². The van der Waals surface area contributed by atoms with Gasteiger partial charge in [0.05, 0.1) is 5.56 Å². The van der Waals surface area contributed by atoms with E-state index in [2.05, 4.69) is 15.4 Å². The standard InChI is InChI=1S/C17H21N5O3/c23-16(24)15-3-1-13(2-4-15)9-19-17(25)21-7-5-14(6-8-21)10-22-12-18-11-20-22/h1-4,11-12,14H,5-10H2,(H,19,25)(H,23,24). The van der Waals surface area contributed by atoms with Crippen LogP contribution in [0.2, 0.25) is 0 Å². The van der Waals surface area contributed by atoms with Gasteiger partial charge in [-0.05, 0) is 36.5 Å². The third-order valence-electron chi connectivity index (χ3n) is 4.46. The first-order valence-corrected chi connectivity index (χ1v) is 8.29. The Bertz CT molecular complexity index is 706. The smallest absolute Gasteiger partial charge is 0.335 e. The van der Waals surface area contributed by atoms with Crippen molar-refractivity contribution in [3.05, 3.63) is 48.0 Å². The molecule has 0 aliphatic carbocycles. The second kappa shape index (κ2) is 7.78. The van der Waals surface area contributed by atoms with E-state index in [9.17, 15) is 9.59 Å². The molecule has 0 spiro atoms. The average Bonchev–Trinajstić information content (AvgIpc) is 3.13. The van der Waals surface area contributed by atoms with E-state index in [4.69, 9.17) is 5.11 Å². The van der Waals surface area contributed by atoms with Crippen molar-refractivity contribution < 1.29 is 14.7 Å². The molecule has 1 aliphatic rings. The molecule has 0 atom stereocenters. The second-order valence-corrected chi connectivity index (χ2v) is 6.21. The van der Waals surface area contributed by atoms with Crippen LogP contribution in [0.15, 0.2) is 36.9 Å². The van der Waals surface area contributed by atoms with Crippen molar-refractivity contribution in [2.45, 2.75) is 25.9 Å². The normalized spacial score (nSPS) is 15.1. The summed E-state index contributed by atoms with van der Waals surface area (Å²) in [4.78, 5) is 28.9. The largest absolute Gasteiger partial charge is 0.478 e. The Labute approximate surface area is 145 Å². The number of nitrogens with zero attached hydrogens (tertiary/aromatic N) is 4. The van der Waals surface area contributed by atoms with E-state index < -0.39 is 5.97 Å². The number of likely N-dealkylation sites (tertiary alicyclic amines) is 1. The molecule has 25 heavy (non-hydrogen) atoms. The molecule has 0 saturated carbocycles. The van der Waals surface area contributed by atoms with Crippen molar-refractivity contribution in [2.75, 3.05) is 13.1 Å². The van der Waals surface area contributed by atoms with E-state index in [1.165, 1.54) is 6.33 Å². The Kier molecular flexibility index (Phi) is 5.27. The number of carbonyl (C=O) groups excluding carboxylic acids is 1. The first kappa shape index (κ1) is 16.9. The fourth-order valence-corrected chi connectivity index (χ4v) is 2.96. The van der Waals surface area contributed by atoms with Crippen molar-refractivity contribution in [3.8, 4) is 0 Å². The molecule has 1 aromatic carbocycles. The zero-order valence-electron chi connectivity index (χ0n) is 13.8. The molecular weight excluding hydrogens is 322 g/mol. The van der Waals surface area contributed by atoms with Gasteiger partial charge in [0.2, 0.25) is 0 Å². The number of aromatic carboxylic acids is 1. The lowest BCUT2D eigenvalue weighted by Crippen LogP contribution is -2.44. The lowest BCUT2D eigenvalue weighted by atomic mass is 9.97. The number of hydrogen-bond donors (Lipinski definition) is 2. The molecule has 2 aromatic rings. The highest BCUT2D eigenvalue weighted by atomic mass is 16.4. The fourth-order valence-electron chi connectivity index (χ4n) is 2.96. The van der Waals surface area contributed by atoms with Crippen LogP contribution in [-0.2, 0) is 13.1 Å². The summed E-state index contributed by atoms with van der Waals surface area (Å²) in [6.07, 6.45) is 5.14. The number of aromatic nitrogens is 3. The first-order chi connectivity index (χ1) is 12.1. The Morgan fingerprint density at radius 3 is 2.52 bits per heavy atom. The van der Waals surface area contributed by atoms with Crippen molar-refractivity contribution >= 4 is 12.0 Å². The second-order valence-electron chi connectivity index (χ2n) is 6.21. The number of urea groups is 1. The Morgan fingerprint density at radius 2 is 1.92 bits per heavy atom. The zero-order chi connectivity index (χ0) is 17.6. The van der Waals surface area contributed by atoms with Crippen LogP contribution in [0.1, 0.15) is 28.8 Å². The van der Waals surface area contributed by atoms with Crippen LogP contribution in [-0.4, -0.2) is 49.9 Å². The molecule has 0 bridgehead atoms. The number of carbonyl (C=O) groups is 2. The summed E-state index contributed by atoms with van der Waals surface area (Å²) in [5, 5.41) is 15.9. The monoisotopic (exact) mass is 343 g/mol. The summed E-state index contributed by atoms with van der Waals surface area (Å²) < 4.78 is 1.83. The molecule has 0 unspecified atom stereocenters. The molecule has 2 N–H and O–H groups in total. The van der Waals surface area contributed by atoms with Crippen LogP contribution in [0.4, 0.5) is 4.79 Å². The van der Waals surface area contributed by atoms with Gasteiger partial charge in [-0.2, -0.15) is 5.10 Å². The lowest BCUT2D eigenvalue weighted by molar-refractivity contribution is 0.0697. The highest BCUT2D eigenvalue weighted by molar-refractivity contribution is 5.87. The molecule has 1 fully saturated rings. The minimum Gasteiger partial charge on any atom is -0.478 e. The van der Waals surface area contributed by atoms with Gasteiger partial charge in [-0.15, -0.1) is 0 Å². The molecule has 8 heteroatoms. The summed E-state index contributed by atoms with van der Waals surface area (Å²) in [5.41, 5.74) is 1.11. The van der Waals surface area contributed by atoms with Gasteiger partial charge >= 0.3 is 12.0 Å². The maximum absolute atomic E-state index is 12.3. The molecule has 1 aromatic heterocycles. The molecule has 1 aliphatic heterocycles. The predicted octanol–water partition coefficient (Wildman–Crippen LogP) is 1.60. The van der Waals surface area contributed by atoms with Crippen LogP contribution >= 0.6 is 0 Å². The molecule has 2 heterocycles. The number of hydrogen-bond acceptors (Lipinski definition) is 4. The Hall–Kier alpha value is -2.90. The first-order valence-electron chi connectivity index (χ1n) is 8.29. The van der Waals surface area contributed by atoms with Gasteiger partial charge in [0.1, 0.15) is 12.7 Å². The van der Waals surface area contributed by atoms with E-state index in [0.29, 0.717) is 12.5 Å². The predicted molar refractivity (Wildman–Crippen MR) is 90.0 cm³/mol. The van der Waals surface area contributed by atoms with E-state index in [1.807, 2.05) is 9.58 Å². The number of carboxylic acid groups (broad SMARTS) is 1. The highest BCUT2D eigenvalue weighted by Gasteiger charge is 2.23. The van der Waals surface area contributed by atoms with Crippen LogP contribution in [0, 0.1) is 5.92 Å². The van der Waals surface area contributed by atoms with Gasteiger partial charge in [-0.3, -0.25) is 4.68 Å². The quantitative estimate of drug-likeness (QED) is 0.859. The Morgan fingerprint density at radius 1 is 1.20 bits per heavy atom. The molecule has 2 amide bonds. The van der Waals surface area contributed by atoms with Crippen molar-refractivity contribution in [1.29, 1.82) is 0 Å². The average molecular weight is 343 g/mol. The molecule has 132 valence electrons. The number of piperidine rings is 1. The summed E-state index contributed by atoms with van der Waals surface area (Å²) in [6.45, 7) is 2.68. The van der Waals surface area contributed by atoms with E-state index >= 15 is 0 Å². The van der Waals surface area contributed by atoms with Crippen LogP contribution < -0.4 is 5.32 Å². The summed E-state index contributed by atoms with van der Waals surface area (Å²) in [5.74, 6) is -0.446. The van der Waals surface area contributed by atoms with Gasteiger partial charge in [-0.1, -0.05) is 12.1 Å². The van der Waals surface area contributed by atoms with Crippen LogP contribution in [0.3, 0.4) is 0 Å². The summed E-state index contributed by atoms with van der Waals surface area (Å²) in [6, 6.07) is 6.43. The molecule has 8 nitrogen and oxygen atoms in total.